The number of hydrogen-bond acceptors (Lipinski definition) is 3. The summed E-state index contributed by atoms with van der Waals surface area (Å²) in [7, 11) is 0. The molecule has 0 spiro atoms. The fraction of sp³-hybridized carbons (Fsp3) is 0.818. The molecule has 94 valence electrons. The maximum absolute atomic E-state index is 12.0. The Morgan fingerprint density at radius 2 is 1.88 bits per heavy atom. The van der Waals surface area contributed by atoms with Gasteiger partial charge in [0.1, 0.15) is 0 Å². The number of carbonyl (C=O) groups is 2. The number of carbonyl (C=O) groups excluding carboxylic acids is 2. The van der Waals surface area contributed by atoms with Gasteiger partial charge in [-0.3, -0.25) is 9.59 Å². The summed E-state index contributed by atoms with van der Waals surface area (Å²) >= 11 is 0. The van der Waals surface area contributed by atoms with Gasteiger partial charge in [0.15, 0.2) is 0 Å². The third-order valence-electron chi connectivity index (χ3n) is 2.64. The molecule has 0 aromatic rings. The first-order chi connectivity index (χ1) is 7.35. The summed E-state index contributed by atoms with van der Waals surface area (Å²) in [5.41, 5.74) is 10.1. The molecule has 2 amide bonds. The highest BCUT2D eigenvalue weighted by Gasteiger charge is 2.31. The molecule has 0 heterocycles. The van der Waals surface area contributed by atoms with Crippen molar-refractivity contribution in [3.63, 3.8) is 0 Å². The lowest BCUT2D eigenvalue weighted by molar-refractivity contribution is -0.139. The van der Waals surface area contributed by atoms with Crippen LogP contribution in [0.1, 0.15) is 40.0 Å². The highest BCUT2D eigenvalue weighted by atomic mass is 16.2. The summed E-state index contributed by atoms with van der Waals surface area (Å²) in [5, 5.41) is 0. The van der Waals surface area contributed by atoms with E-state index >= 15 is 0 Å². The lowest BCUT2D eigenvalue weighted by Crippen LogP contribution is -2.54. The molecule has 5 heteroatoms. The summed E-state index contributed by atoms with van der Waals surface area (Å²) in [6.45, 7) is 6.03. The predicted molar refractivity (Wildman–Crippen MR) is 63.6 cm³/mol. The Kier molecular flexibility index (Phi) is 6.03. The van der Waals surface area contributed by atoms with Crippen molar-refractivity contribution < 1.29 is 9.59 Å². The lowest BCUT2D eigenvalue weighted by Gasteiger charge is -2.30. The number of hydrogen-bond donors (Lipinski definition) is 2. The van der Waals surface area contributed by atoms with Crippen LogP contribution in [0.4, 0.5) is 0 Å². The first kappa shape index (κ1) is 14.9. The van der Waals surface area contributed by atoms with Gasteiger partial charge >= 0.3 is 0 Å². The third kappa shape index (κ3) is 4.61. The van der Waals surface area contributed by atoms with E-state index in [0.717, 1.165) is 12.8 Å². The summed E-state index contributed by atoms with van der Waals surface area (Å²) < 4.78 is 0. The van der Waals surface area contributed by atoms with Gasteiger partial charge in [-0.2, -0.15) is 0 Å². The van der Waals surface area contributed by atoms with E-state index in [9.17, 15) is 9.59 Å². The van der Waals surface area contributed by atoms with Gasteiger partial charge in [0, 0.05) is 6.54 Å². The molecular weight excluding hydrogens is 206 g/mol. The molecule has 1 atom stereocenters. The second-order valence-electron chi connectivity index (χ2n) is 4.32. The highest BCUT2D eigenvalue weighted by Crippen LogP contribution is 2.10. The van der Waals surface area contributed by atoms with E-state index in [1.165, 1.54) is 4.90 Å². The van der Waals surface area contributed by atoms with E-state index in [1.807, 2.05) is 13.8 Å². The van der Waals surface area contributed by atoms with Crippen molar-refractivity contribution in [2.75, 3.05) is 13.1 Å². The van der Waals surface area contributed by atoms with Crippen molar-refractivity contribution >= 4 is 11.8 Å². The van der Waals surface area contributed by atoms with Crippen molar-refractivity contribution in [3.05, 3.63) is 0 Å². The van der Waals surface area contributed by atoms with Gasteiger partial charge in [0.25, 0.3) is 0 Å². The van der Waals surface area contributed by atoms with E-state index in [2.05, 4.69) is 0 Å². The van der Waals surface area contributed by atoms with Crippen LogP contribution < -0.4 is 11.5 Å². The maximum atomic E-state index is 12.0. The van der Waals surface area contributed by atoms with Crippen LogP contribution in [0.15, 0.2) is 0 Å². The van der Waals surface area contributed by atoms with Crippen molar-refractivity contribution in [2.45, 2.75) is 45.6 Å². The van der Waals surface area contributed by atoms with E-state index in [-0.39, 0.29) is 12.5 Å². The average Bonchev–Trinajstić information content (AvgIpc) is 2.22. The summed E-state index contributed by atoms with van der Waals surface area (Å²) in [4.78, 5) is 24.4. The van der Waals surface area contributed by atoms with Gasteiger partial charge in [-0.25, -0.2) is 0 Å². The molecule has 0 aliphatic rings. The normalized spacial score (nSPS) is 14.2. The molecule has 16 heavy (non-hydrogen) atoms. The maximum Gasteiger partial charge on any atom is 0.242 e. The number of amides is 2. The molecule has 1 unspecified atom stereocenters. The van der Waals surface area contributed by atoms with Crippen LogP contribution in [0.25, 0.3) is 0 Å². The average molecular weight is 229 g/mol. The molecular formula is C11H23N3O2. The Balaban J connectivity index is 4.61. The van der Waals surface area contributed by atoms with Crippen LogP contribution in [0.3, 0.4) is 0 Å². The highest BCUT2D eigenvalue weighted by molar-refractivity contribution is 5.89. The van der Waals surface area contributed by atoms with Crippen molar-refractivity contribution in [2.24, 2.45) is 11.5 Å². The topological polar surface area (TPSA) is 89.4 Å². The zero-order chi connectivity index (χ0) is 12.8. The van der Waals surface area contributed by atoms with Gasteiger partial charge in [-0.1, -0.05) is 20.3 Å². The molecule has 4 N–H and O–H groups in total. The largest absolute Gasteiger partial charge is 0.368 e. The first-order valence-electron chi connectivity index (χ1n) is 5.71. The number of primary amides is 1. The summed E-state index contributed by atoms with van der Waals surface area (Å²) in [6.07, 6.45) is 2.34. The Hall–Kier alpha value is -1.10. The monoisotopic (exact) mass is 229 g/mol. The molecule has 0 saturated carbocycles. The summed E-state index contributed by atoms with van der Waals surface area (Å²) in [6, 6.07) is 0. The number of nitrogens with zero attached hydrogens (tertiary/aromatic N) is 1. The third-order valence-corrected chi connectivity index (χ3v) is 2.64. The van der Waals surface area contributed by atoms with Crippen LogP contribution in [-0.2, 0) is 9.59 Å². The van der Waals surface area contributed by atoms with Crippen LogP contribution in [-0.4, -0.2) is 35.3 Å². The van der Waals surface area contributed by atoms with Crippen LogP contribution >= 0.6 is 0 Å². The quantitative estimate of drug-likeness (QED) is 0.654. The first-order valence-corrected chi connectivity index (χ1v) is 5.71. The minimum atomic E-state index is -0.914. The molecule has 0 aromatic carbocycles. The molecule has 0 radical (unpaired) electrons. The number of rotatable bonds is 7. The Morgan fingerprint density at radius 1 is 1.31 bits per heavy atom. The fourth-order valence-electron chi connectivity index (χ4n) is 1.30. The zero-order valence-electron chi connectivity index (χ0n) is 10.5. The standard InChI is InChI=1S/C11H23N3O2/c1-4-6-7-14(8-9(12)15)10(16)11(3,13)5-2/h4-8,13H2,1-3H3,(H2,12,15). The second-order valence-corrected chi connectivity index (χ2v) is 4.32. The van der Waals surface area contributed by atoms with Gasteiger partial charge in [-0.05, 0) is 19.8 Å². The second kappa shape index (κ2) is 6.48. The van der Waals surface area contributed by atoms with Crippen molar-refractivity contribution in [3.8, 4) is 0 Å². The molecule has 0 rings (SSSR count). The fourth-order valence-corrected chi connectivity index (χ4v) is 1.30. The van der Waals surface area contributed by atoms with Crippen LogP contribution in [0, 0.1) is 0 Å². The molecule has 5 nitrogen and oxygen atoms in total. The Bertz CT molecular complexity index is 252. The minimum Gasteiger partial charge on any atom is -0.368 e. The molecule has 0 fully saturated rings. The van der Waals surface area contributed by atoms with Crippen LogP contribution in [0.2, 0.25) is 0 Å². The predicted octanol–water partition coefficient (Wildman–Crippen LogP) is 0.228. The number of unbranched alkanes of at least 4 members (excludes halogenated alkanes) is 1. The smallest absolute Gasteiger partial charge is 0.242 e. The SMILES string of the molecule is CCCCN(CC(N)=O)C(=O)C(C)(N)CC. The Labute approximate surface area is 97.2 Å². The Morgan fingerprint density at radius 3 is 2.25 bits per heavy atom. The van der Waals surface area contributed by atoms with Gasteiger partial charge in [0.2, 0.25) is 11.8 Å². The minimum absolute atomic E-state index is 0.0500. The van der Waals surface area contributed by atoms with Crippen molar-refractivity contribution in [1.29, 1.82) is 0 Å². The van der Waals surface area contributed by atoms with E-state index in [4.69, 9.17) is 11.5 Å². The lowest BCUT2D eigenvalue weighted by atomic mass is 9.98. The van der Waals surface area contributed by atoms with E-state index in [0.29, 0.717) is 13.0 Å². The molecule has 0 aromatic heterocycles. The molecule has 0 saturated heterocycles. The zero-order valence-corrected chi connectivity index (χ0v) is 10.5. The van der Waals surface area contributed by atoms with Crippen LogP contribution in [0.5, 0.6) is 0 Å². The van der Waals surface area contributed by atoms with Gasteiger partial charge in [0.05, 0.1) is 12.1 Å². The van der Waals surface area contributed by atoms with Crippen molar-refractivity contribution in [1.82, 2.24) is 4.90 Å². The van der Waals surface area contributed by atoms with E-state index in [1.54, 1.807) is 6.92 Å². The summed E-state index contributed by atoms with van der Waals surface area (Å²) in [5.74, 6) is -0.710. The molecule has 0 aliphatic carbocycles. The van der Waals surface area contributed by atoms with Gasteiger partial charge < -0.3 is 16.4 Å². The molecule has 0 aliphatic heterocycles. The van der Waals surface area contributed by atoms with Gasteiger partial charge in [-0.15, -0.1) is 0 Å². The number of nitrogens with two attached hydrogens (primary N) is 2. The molecule has 0 bridgehead atoms. The van der Waals surface area contributed by atoms with E-state index < -0.39 is 11.4 Å².